The van der Waals surface area contributed by atoms with Crippen molar-refractivity contribution < 1.29 is 13.2 Å². The zero-order valence-electron chi connectivity index (χ0n) is 16.2. The van der Waals surface area contributed by atoms with E-state index in [4.69, 9.17) is 11.6 Å². The molecule has 0 spiro atoms. The minimum atomic E-state index is -3.81. The maximum atomic E-state index is 12.5. The molecule has 9 heteroatoms. The van der Waals surface area contributed by atoms with Gasteiger partial charge in [0.25, 0.3) is 0 Å². The summed E-state index contributed by atoms with van der Waals surface area (Å²) in [6, 6.07) is 7.00. The molecule has 0 aliphatic rings. The molecule has 0 saturated heterocycles. The second-order valence-electron chi connectivity index (χ2n) is 6.34. The van der Waals surface area contributed by atoms with E-state index in [0.717, 1.165) is 18.7 Å². The van der Waals surface area contributed by atoms with Gasteiger partial charge in [0.1, 0.15) is 0 Å². The minimum absolute atomic E-state index is 0.0465. The molecular formula is C19H26ClN3O3S2. The molecule has 6 nitrogen and oxygen atoms in total. The first-order valence-electron chi connectivity index (χ1n) is 9.10. The fraction of sp³-hybridized carbons (Fsp3) is 0.421. The Morgan fingerprint density at radius 1 is 1.18 bits per heavy atom. The Hall–Kier alpha value is -1.45. The molecule has 0 saturated carbocycles. The van der Waals surface area contributed by atoms with Crippen molar-refractivity contribution in [3.63, 3.8) is 0 Å². The van der Waals surface area contributed by atoms with Crippen LogP contribution in [-0.2, 0) is 14.8 Å². The number of sulfonamides is 1. The van der Waals surface area contributed by atoms with Crippen molar-refractivity contribution in [2.24, 2.45) is 0 Å². The average molecular weight is 444 g/mol. The van der Waals surface area contributed by atoms with Crippen LogP contribution in [0, 0.1) is 0 Å². The van der Waals surface area contributed by atoms with Crippen LogP contribution in [0.4, 0.5) is 0 Å². The van der Waals surface area contributed by atoms with Gasteiger partial charge in [0.2, 0.25) is 15.9 Å². The summed E-state index contributed by atoms with van der Waals surface area (Å²) in [6.07, 6.45) is 0. The highest BCUT2D eigenvalue weighted by molar-refractivity contribution is 7.89. The number of carbonyl (C=O) groups excluding carboxylic acids is 1. The number of hydrogen-bond donors (Lipinski definition) is 2. The Morgan fingerprint density at radius 2 is 1.82 bits per heavy atom. The van der Waals surface area contributed by atoms with Crippen molar-refractivity contribution in [1.82, 2.24) is 14.9 Å². The quantitative estimate of drug-likeness (QED) is 0.590. The van der Waals surface area contributed by atoms with Gasteiger partial charge < -0.3 is 5.32 Å². The van der Waals surface area contributed by atoms with Crippen LogP contribution in [0.3, 0.4) is 0 Å². The molecule has 0 radical (unpaired) electrons. The van der Waals surface area contributed by atoms with Gasteiger partial charge in [-0.2, -0.15) is 16.1 Å². The summed E-state index contributed by atoms with van der Waals surface area (Å²) in [5.41, 5.74) is 1.14. The topological polar surface area (TPSA) is 78.5 Å². The van der Waals surface area contributed by atoms with Gasteiger partial charge in [-0.25, -0.2) is 8.42 Å². The first-order valence-corrected chi connectivity index (χ1v) is 11.9. The summed E-state index contributed by atoms with van der Waals surface area (Å²) < 4.78 is 27.3. The van der Waals surface area contributed by atoms with Crippen molar-refractivity contribution in [1.29, 1.82) is 0 Å². The molecule has 0 aliphatic heterocycles. The van der Waals surface area contributed by atoms with Crippen LogP contribution in [0.5, 0.6) is 0 Å². The van der Waals surface area contributed by atoms with Crippen molar-refractivity contribution >= 4 is 38.9 Å². The lowest BCUT2D eigenvalue weighted by atomic mass is 10.1. The van der Waals surface area contributed by atoms with E-state index in [0.29, 0.717) is 11.6 Å². The third kappa shape index (κ3) is 6.02. The Morgan fingerprint density at radius 3 is 2.36 bits per heavy atom. The SMILES string of the molecule is CCN(CC)C(CNC(=O)[C@H](C)NS(=O)(=O)c1ccc(Cl)cc1)c1ccsc1. The molecule has 1 heterocycles. The molecular weight excluding hydrogens is 418 g/mol. The molecule has 1 aromatic heterocycles. The molecule has 1 amide bonds. The fourth-order valence-corrected chi connectivity index (χ4v) is 4.94. The maximum Gasteiger partial charge on any atom is 0.241 e. The van der Waals surface area contributed by atoms with Crippen molar-refractivity contribution in [3.8, 4) is 0 Å². The van der Waals surface area contributed by atoms with Crippen LogP contribution in [0.2, 0.25) is 5.02 Å². The molecule has 1 aromatic carbocycles. The molecule has 2 rings (SSSR count). The Labute approximate surface area is 175 Å². The molecule has 2 atom stereocenters. The minimum Gasteiger partial charge on any atom is -0.353 e. The fourth-order valence-electron chi connectivity index (χ4n) is 2.91. The standard InChI is InChI=1S/C19H26ClN3O3S2/c1-4-23(5-2)18(15-10-11-27-13-15)12-21-19(24)14(3)22-28(25,26)17-8-6-16(20)7-9-17/h6-11,13-14,18,22H,4-5,12H2,1-3H3,(H,21,24)/t14-,18?/m0/s1. The van der Waals surface area contributed by atoms with Gasteiger partial charge in [0.15, 0.2) is 0 Å². The van der Waals surface area contributed by atoms with Crippen LogP contribution < -0.4 is 10.0 Å². The van der Waals surface area contributed by atoms with E-state index < -0.39 is 16.1 Å². The lowest BCUT2D eigenvalue weighted by Gasteiger charge is -2.30. The van der Waals surface area contributed by atoms with Gasteiger partial charge in [-0.15, -0.1) is 0 Å². The zero-order valence-corrected chi connectivity index (χ0v) is 18.6. The van der Waals surface area contributed by atoms with Gasteiger partial charge in [-0.1, -0.05) is 25.4 Å². The number of rotatable bonds is 10. The average Bonchev–Trinajstić information content (AvgIpc) is 3.19. The van der Waals surface area contributed by atoms with E-state index in [1.165, 1.54) is 31.2 Å². The van der Waals surface area contributed by atoms with Crippen molar-refractivity contribution in [2.45, 2.75) is 37.8 Å². The molecule has 2 N–H and O–H groups in total. The number of nitrogens with zero attached hydrogens (tertiary/aromatic N) is 1. The number of nitrogens with one attached hydrogen (secondary N) is 2. The highest BCUT2D eigenvalue weighted by Gasteiger charge is 2.24. The van der Waals surface area contributed by atoms with E-state index >= 15 is 0 Å². The second-order valence-corrected chi connectivity index (χ2v) is 9.27. The third-order valence-electron chi connectivity index (χ3n) is 4.50. The summed E-state index contributed by atoms with van der Waals surface area (Å²) >= 11 is 7.41. The van der Waals surface area contributed by atoms with E-state index in [1.54, 1.807) is 11.3 Å². The summed E-state index contributed by atoms with van der Waals surface area (Å²) in [4.78, 5) is 14.8. The largest absolute Gasteiger partial charge is 0.353 e. The van der Waals surface area contributed by atoms with E-state index in [-0.39, 0.29) is 16.8 Å². The summed E-state index contributed by atoms with van der Waals surface area (Å²) in [6.45, 7) is 7.79. The smallest absolute Gasteiger partial charge is 0.241 e. The number of halogens is 1. The van der Waals surface area contributed by atoms with Gasteiger partial charge in [-0.3, -0.25) is 9.69 Å². The number of amides is 1. The Bertz CT molecular complexity index is 851. The van der Waals surface area contributed by atoms with Gasteiger partial charge in [0.05, 0.1) is 17.0 Å². The van der Waals surface area contributed by atoms with Gasteiger partial charge in [-0.05, 0) is 66.7 Å². The van der Waals surface area contributed by atoms with E-state index in [9.17, 15) is 13.2 Å². The lowest BCUT2D eigenvalue weighted by molar-refractivity contribution is -0.122. The van der Waals surface area contributed by atoms with E-state index in [2.05, 4.69) is 34.2 Å². The highest BCUT2D eigenvalue weighted by Crippen LogP contribution is 2.22. The molecule has 1 unspecified atom stereocenters. The summed E-state index contributed by atoms with van der Waals surface area (Å²) in [5.74, 6) is -0.370. The summed E-state index contributed by atoms with van der Waals surface area (Å²) in [7, 11) is -3.81. The van der Waals surface area contributed by atoms with Gasteiger partial charge in [0, 0.05) is 11.6 Å². The van der Waals surface area contributed by atoms with Crippen molar-refractivity contribution in [2.75, 3.05) is 19.6 Å². The number of carbonyl (C=O) groups is 1. The number of benzene rings is 1. The van der Waals surface area contributed by atoms with Crippen LogP contribution in [0.25, 0.3) is 0 Å². The van der Waals surface area contributed by atoms with Gasteiger partial charge >= 0.3 is 0 Å². The zero-order chi connectivity index (χ0) is 20.7. The monoisotopic (exact) mass is 443 g/mol. The molecule has 0 bridgehead atoms. The molecule has 28 heavy (non-hydrogen) atoms. The molecule has 154 valence electrons. The number of hydrogen-bond acceptors (Lipinski definition) is 5. The molecule has 0 aliphatic carbocycles. The van der Waals surface area contributed by atoms with Crippen LogP contribution in [0.15, 0.2) is 46.0 Å². The number of thiophene rings is 1. The third-order valence-corrected chi connectivity index (χ3v) is 7.01. The highest BCUT2D eigenvalue weighted by atomic mass is 35.5. The second kappa shape index (κ2) is 10.4. The van der Waals surface area contributed by atoms with Crippen molar-refractivity contribution in [3.05, 3.63) is 51.7 Å². The molecule has 0 fully saturated rings. The Kier molecular flexibility index (Phi) is 8.45. The summed E-state index contributed by atoms with van der Waals surface area (Å²) in [5, 5.41) is 7.41. The Balaban J connectivity index is 2.01. The van der Waals surface area contributed by atoms with Crippen LogP contribution in [-0.4, -0.2) is 44.9 Å². The maximum absolute atomic E-state index is 12.5. The van der Waals surface area contributed by atoms with Crippen LogP contribution >= 0.6 is 22.9 Å². The molecule has 2 aromatic rings. The number of likely N-dealkylation sites (N-methyl/N-ethyl adjacent to an activating group) is 1. The normalized spacial score (nSPS) is 14.0. The predicted octanol–water partition coefficient (Wildman–Crippen LogP) is 3.27. The first-order chi connectivity index (χ1) is 13.3. The predicted molar refractivity (Wildman–Crippen MR) is 114 cm³/mol. The lowest BCUT2D eigenvalue weighted by Crippen LogP contribution is -2.47. The van der Waals surface area contributed by atoms with Crippen LogP contribution in [0.1, 0.15) is 32.4 Å². The first kappa shape index (κ1) is 22.8. The van der Waals surface area contributed by atoms with E-state index in [1.807, 2.05) is 11.4 Å².